The molecule has 0 aliphatic rings. The van der Waals surface area contributed by atoms with Crippen molar-refractivity contribution in [3.8, 4) is 0 Å². The van der Waals surface area contributed by atoms with E-state index in [1.165, 1.54) is 0 Å². The molecule has 0 saturated heterocycles. The number of aryl methyl sites for hydroxylation is 1. The molecule has 0 spiro atoms. The molecule has 114 valence electrons. The average Bonchev–Trinajstić information content (AvgIpc) is 2.52. The van der Waals surface area contributed by atoms with Crippen LogP contribution >= 0.6 is 0 Å². The third-order valence-electron chi connectivity index (χ3n) is 2.75. The zero-order chi connectivity index (χ0) is 15.5. The van der Waals surface area contributed by atoms with Crippen molar-refractivity contribution in [3.63, 3.8) is 0 Å². The average molecular weight is 303 g/mol. The van der Waals surface area contributed by atoms with E-state index in [0.717, 1.165) is 0 Å². The molecule has 0 atom stereocenters. The van der Waals surface area contributed by atoms with Crippen LogP contribution in [0.3, 0.4) is 0 Å². The maximum atomic E-state index is 12.2. The fraction of sp³-hybridized carbons (Fsp3) is 0.667. The van der Waals surface area contributed by atoms with E-state index < -0.39 is 16.0 Å². The van der Waals surface area contributed by atoms with Crippen molar-refractivity contribution in [2.45, 2.75) is 45.6 Å². The van der Waals surface area contributed by atoms with E-state index in [-0.39, 0.29) is 17.9 Å². The summed E-state index contributed by atoms with van der Waals surface area (Å²) >= 11 is 0. The fourth-order valence-electron chi connectivity index (χ4n) is 1.96. The summed E-state index contributed by atoms with van der Waals surface area (Å²) in [5, 5.41) is 12.8. The summed E-state index contributed by atoms with van der Waals surface area (Å²) in [5.41, 5.74) is 0.991. The van der Waals surface area contributed by atoms with Crippen LogP contribution in [0.15, 0.2) is 4.90 Å². The van der Waals surface area contributed by atoms with Crippen molar-refractivity contribution >= 4 is 16.0 Å². The molecule has 0 fully saturated rings. The lowest BCUT2D eigenvalue weighted by molar-refractivity contribution is -0.136. The summed E-state index contributed by atoms with van der Waals surface area (Å²) in [5.74, 6) is -0.694. The Labute approximate surface area is 119 Å². The summed E-state index contributed by atoms with van der Waals surface area (Å²) < 4.78 is 28.4. The first-order valence-corrected chi connectivity index (χ1v) is 7.89. The molecular formula is C12H21N3O4S. The predicted octanol–water partition coefficient (Wildman–Crippen LogP) is 0.909. The van der Waals surface area contributed by atoms with E-state index >= 15 is 0 Å². The number of carboxylic acids is 1. The van der Waals surface area contributed by atoms with Crippen LogP contribution in [0.25, 0.3) is 0 Å². The van der Waals surface area contributed by atoms with Gasteiger partial charge in [-0.1, -0.05) is 13.8 Å². The number of nitrogens with zero attached hydrogens (tertiary/aromatic N) is 2. The lowest BCUT2D eigenvalue weighted by Crippen LogP contribution is -2.27. The number of sulfonamides is 1. The van der Waals surface area contributed by atoms with Gasteiger partial charge in [0.15, 0.2) is 0 Å². The zero-order valence-electron chi connectivity index (χ0n) is 12.2. The Morgan fingerprint density at radius 2 is 2.00 bits per heavy atom. The second-order valence-electron chi connectivity index (χ2n) is 5.12. The van der Waals surface area contributed by atoms with E-state index in [2.05, 4.69) is 9.82 Å². The van der Waals surface area contributed by atoms with Crippen molar-refractivity contribution in [2.75, 3.05) is 6.54 Å². The predicted molar refractivity (Wildman–Crippen MR) is 74.0 cm³/mol. The zero-order valence-corrected chi connectivity index (χ0v) is 13.0. The van der Waals surface area contributed by atoms with Crippen LogP contribution < -0.4 is 4.72 Å². The van der Waals surface area contributed by atoms with E-state index in [1.807, 2.05) is 13.8 Å². The number of aromatic nitrogens is 2. The van der Waals surface area contributed by atoms with Crippen LogP contribution in [0.1, 0.15) is 31.7 Å². The van der Waals surface area contributed by atoms with E-state index in [0.29, 0.717) is 23.9 Å². The first-order chi connectivity index (χ1) is 9.15. The molecule has 1 rings (SSSR count). The number of hydrogen-bond acceptors (Lipinski definition) is 4. The molecular weight excluding hydrogens is 282 g/mol. The van der Waals surface area contributed by atoms with Crippen LogP contribution in [-0.4, -0.2) is 35.8 Å². The molecule has 20 heavy (non-hydrogen) atoms. The van der Waals surface area contributed by atoms with Crippen molar-refractivity contribution in [1.29, 1.82) is 0 Å². The number of rotatable bonds is 7. The topological polar surface area (TPSA) is 101 Å². The Bertz CT molecular complexity index is 590. The molecule has 7 nitrogen and oxygen atoms in total. The number of hydrogen-bond donors (Lipinski definition) is 2. The van der Waals surface area contributed by atoms with Crippen LogP contribution in [-0.2, 0) is 21.4 Å². The second kappa shape index (κ2) is 6.36. The molecule has 8 heteroatoms. The molecule has 0 amide bonds. The molecule has 0 radical (unpaired) electrons. The lowest BCUT2D eigenvalue weighted by atomic mass is 10.2. The van der Waals surface area contributed by atoms with Gasteiger partial charge in [0.1, 0.15) is 4.90 Å². The first-order valence-electron chi connectivity index (χ1n) is 6.40. The summed E-state index contributed by atoms with van der Waals surface area (Å²) in [6.45, 7) is 7.89. The lowest BCUT2D eigenvalue weighted by Gasteiger charge is -2.08. The summed E-state index contributed by atoms with van der Waals surface area (Å²) in [6, 6.07) is 0. The minimum atomic E-state index is -3.73. The highest BCUT2D eigenvalue weighted by molar-refractivity contribution is 7.89. The SMILES string of the molecule is Cc1nn(CC(C)C)c(C)c1S(=O)(=O)NCCC(=O)O. The van der Waals surface area contributed by atoms with E-state index in [9.17, 15) is 13.2 Å². The van der Waals surface area contributed by atoms with Crippen LogP contribution in [0.5, 0.6) is 0 Å². The van der Waals surface area contributed by atoms with Gasteiger partial charge in [-0.25, -0.2) is 13.1 Å². The maximum Gasteiger partial charge on any atom is 0.304 e. The summed E-state index contributed by atoms with van der Waals surface area (Å²) in [6.07, 6.45) is -0.253. The molecule has 0 saturated carbocycles. The second-order valence-corrected chi connectivity index (χ2v) is 6.82. The monoisotopic (exact) mass is 303 g/mol. The van der Waals surface area contributed by atoms with Gasteiger partial charge in [-0.2, -0.15) is 5.10 Å². The number of carboxylic acid groups (broad SMARTS) is 1. The largest absolute Gasteiger partial charge is 0.481 e. The van der Waals surface area contributed by atoms with Gasteiger partial charge in [0.05, 0.1) is 17.8 Å². The molecule has 1 aromatic rings. The molecule has 2 N–H and O–H groups in total. The minimum Gasteiger partial charge on any atom is -0.481 e. The van der Waals surface area contributed by atoms with Crippen molar-refractivity contribution in [1.82, 2.24) is 14.5 Å². The Morgan fingerprint density at radius 1 is 1.40 bits per heavy atom. The Morgan fingerprint density at radius 3 is 2.50 bits per heavy atom. The third kappa shape index (κ3) is 4.04. The van der Waals surface area contributed by atoms with Gasteiger partial charge in [-0.05, 0) is 19.8 Å². The smallest absolute Gasteiger partial charge is 0.304 e. The van der Waals surface area contributed by atoms with Gasteiger partial charge < -0.3 is 5.11 Å². The molecule has 0 aliphatic heterocycles. The number of nitrogens with one attached hydrogen (secondary N) is 1. The van der Waals surface area contributed by atoms with Gasteiger partial charge in [0, 0.05) is 13.1 Å². The van der Waals surface area contributed by atoms with Crippen molar-refractivity contribution in [3.05, 3.63) is 11.4 Å². The number of aliphatic carboxylic acids is 1. The molecule has 1 aromatic heterocycles. The minimum absolute atomic E-state index is 0.133. The van der Waals surface area contributed by atoms with Gasteiger partial charge in [-0.15, -0.1) is 0 Å². The highest BCUT2D eigenvalue weighted by Crippen LogP contribution is 2.20. The van der Waals surface area contributed by atoms with Crippen LogP contribution in [0, 0.1) is 19.8 Å². The van der Waals surface area contributed by atoms with Crippen LogP contribution in [0.4, 0.5) is 0 Å². The maximum absolute atomic E-state index is 12.2. The Balaban J connectivity index is 3.00. The molecule has 0 aromatic carbocycles. The van der Waals surface area contributed by atoms with Crippen molar-refractivity contribution in [2.24, 2.45) is 5.92 Å². The van der Waals surface area contributed by atoms with Gasteiger partial charge in [0.2, 0.25) is 10.0 Å². The van der Waals surface area contributed by atoms with Crippen LogP contribution in [0.2, 0.25) is 0 Å². The third-order valence-corrected chi connectivity index (χ3v) is 4.47. The molecule has 0 unspecified atom stereocenters. The van der Waals surface area contributed by atoms with E-state index in [1.54, 1.807) is 18.5 Å². The first kappa shape index (κ1) is 16.6. The summed E-state index contributed by atoms with van der Waals surface area (Å²) in [4.78, 5) is 10.6. The highest BCUT2D eigenvalue weighted by Gasteiger charge is 2.24. The highest BCUT2D eigenvalue weighted by atomic mass is 32.2. The van der Waals surface area contributed by atoms with Crippen molar-refractivity contribution < 1.29 is 18.3 Å². The van der Waals surface area contributed by atoms with Gasteiger partial charge >= 0.3 is 5.97 Å². The fourth-order valence-corrected chi connectivity index (χ4v) is 3.40. The quantitative estimate of drug-likeness (QED) is 0.779. The summed E-state index contributed by atoms with van der Waals surface area (Å²) in [7, 11) is -3.73. The molecule has 1 heterocycles. The van der Waals surface area contributed by atoms with Gasteiger partial charge in [-0.3, -0.25) is 9.48 Å². The molecule has 0 aliphatic carbocycles. The Hall–Kier alpha value is -1.41. The standard InChI is InChI=1S/C12H21N3O4S/c1-8(2)7-15-10(4)12(9(3)14-15)20(18,19)13-6-5-11(16)17/h8,13H,5-7H2,1-4H3,(H,16,17). The number of carbonyl (C=O) groups is 1. The normalized spacial score (nSPS) is 12.1. The Kier molecular flexibility index (Phi) is 5.29. The molecule has 0 bridgehead atoms. The van der Waals surface area contributed by atoms with Gasteiger partial charge in [0.25, 0.3) is 0 Å². The van der Waals surface area contributed by atoms with E-state index in [4.69, 9.17) is 5.11 Å².